The molecule has 26 heavy (non-hydrogen) atoms. The highest BCUT2D eigenvalue weighted by molar-refractivity contribution is 7.89. The Morgan fingerprint density at radius 2 is 1.73 bits per heavy atom. The molecular formula is C19H23NO5S. The van der Waals surface area contributed by atoms with Gasteiger partial charge in [0.1, 0.15) is 11.5 Å². The lowest BCUT2D eigenvalue weighted by atomic mass is 9.81. The fraction of sp³-hybridized carbons (Fsp3) is 0.368. The van der Waals surface area contributed by atoms with Crippen LogP contribution in [-0.4, -0.2) is 29.8 Å². The number of phenolic OH excluding ortho intramolecular Hbond substituents is 2. The number of aliphatic hydroxyl groups is 1. The second-order valence-corrected chi connectivity index (χ2v) is 8.43. The number of aromatic hydroxyl groups is 2. The predicted molar refractivity (Wildman–Crippen MR) is 97.5 cm³/mol. The SMILES string of the molecule is O=S(=O)(N[C@H]1CC[C@@H](c2ccc(O)cc2O)CC1)c1cccc(CO)c1. The molecule has 1 aliphatic carbocycles. The van der Waals surface area contributed by atoms with Gasteiger partial charge in [-0.1, -0.05) is 18.2 Å². The fourth-order valence-corrected chi connectivity index (χ4v) is 4.87. The number of hydrogen-bond donors (Lipinski definition) is 4. The highest BCUT2D eigenvalue weighted by Gasteiger charge is 2.27. The van der Waals surface area contributed by atoms with E-state index in [0.29, 0.717) is 18.4 Å². The molecule has 0 radical (unpaired) electrons. The van der Waals surface area contributed by atoms with E-state index in [1.165, 1.54) is 18.2 Å². The standard InChI is InChI=1S/C19H23NO5S/c21-12-13-2-1-3-17(10-13)26(24,25)20-15-6-4-14(5-7-15)18-9-8-16(22)11-19(18)23/h1-3,8-11,14-15,20-23H,4-7,12H2/t14-,15+. The minimum absolute atomic E-state index is 0.0257. The maximum Gasteiger partial charge on any atom is 0.240 e. The van der Waals surface area contributed by atoms with Crippen LogP contribution in [0.15, 0.2) is 47.4 Å². The molecule has 0 bridgehead atoms. The molecule has 140 valence electrons. The first-order valence-electron chi connectivity index (χ1n) is 8.63. The fourth-order valence-electron chi connectivity index (χ4n) is 3.50. The van der Waals surface area contributed by atoms with Crippen molar-refractivity contribution in [3.8, 4) is 11.5 Å². The number of benzene rings is 2. The summed E-state index contributed by atoms with van der Waals surface area (Å²) in [6.45, 7) is -0.204. The van der Waals surface area contributed by atoms with Gasteiger partial charge in [0.15, 0.2) is 0 Å². The number of aliphatic hydroxyl groups excluding tert-OH is 1. The average Bonchev–Trinajstić information content (AvgIpc) is 2.62. The van der Waals surface area contributed by atoms with E-state index in [2.05, 4.69) is 4.72 Å². The van der Waals surface area contributed by atoms with E-state index in [1.807, 2.05) is 0 Å². The van der Waals surface area contributed by atoms with Crippen LogP contribution in [0.1, 0.15) is 42.7 Å². The summed E-state index contributed by atoms with van der Waals surface area (Å²) >= 11 is 0. The Bertz CT molecular complexity index is 873. The third-order valence-electron chi connectivity index (χ3n) is 4.89. The van der Waals surface area contributed by atoms with Crippen molar-refractivity contribution >= 4 is 10.0 Å². The molecule has 0 amide bonds. The number of phenols is 2. The largest absolute Gasteiger partial charge is 0.508 e. The monoisotopic (exact) mass is 377 g/mol. The molecule has 0 saturated heterocycles. The van der Waals surface area contributed by atoms with E-state index in [1.54, 1.807) is 24.3 Å². The summed E-state index contributed by atoms with van der Waals surface area (Å²) in [5.41, 5.74) is 1.35. The van der Waals surface area contributed by atoms with Crippen molar-refractivity contribution in [1.29, 1.82) is 0 Å². The normalized spacial score (nSPS) is 20.8. The molecule has 7 heteroatoms. The third kappa shape index (κ3) is 4.17. The minimum atomic E-state index is -3.63. The van der Waals surface area contributed by atoms with Crippen LogP contribution in [0.2, 0.25) is 0 Å². The smallest absolute Gasteiger partial charge is 0.240 e. The van der Waals surface area contributed by atoms with Gasteiger partial charge in [-0.2, -0.15) is 0 Å². The summed E-state index contributed by atoms with van der Waals surface area (Å²) in [7, 11) is -3.63. The van der Waals surface area contributed by atoms with Gasteiger partial charge < -0.3 is 15.3 Å². The van der Waals surface area contributed by atoms with Gasteiger partial charge in [-0.25, -0.2) is 13.1 Å². The van der Waals surface area contributed by atoms with Crippen LogP contribution in [0, 0.1) is 0 Å². The molecule has 0 spiro atoms. The average molecular weight is 377 g/mol. The van der Waals surface area contributed by atoms with Crippen LogP contribution in [-0.2, 0) is 16.6 Å². The molecular weight excluding hydrogens is 354 g/mol. The number of hydrogen-bond acceptors (Lipinski definition) is 5. The molecule has 6 nitrogen and oxygen atoms in total. The molecule has 0 unspecified atom stereocenters. The summed E-state index contributed by atoms with van der Waals surface area (Å²) in [4.78, 5) is 0.155. The van der Waals surface area contributed by atoms with E-state index in [4.69, 9.17) is 0 Å². The Morgan fingerprint density at radius 1 is 1.00 bits per heavy atom. The Balaban J connectivity index is 1.64. The van der Waals surface area contributed by atoms with Gasteiger partial charge in [-0.15, -0.1) is 0 Å². The molecule has 2 aromatic carbocycles. The molecule has 0 aliphatic heterocycles. The van der Waals surface area contributed by atoms with Gasteiger partial charge >= 0.3 is 0 Å². The zero-order valence-corrected chi connectivity index (χ0v) is 15.1. The van der Waals surface area contributed by atoms with Gasteiger partial charge in [-0.05, 0) is 60.9 Å². The lowest BCUT2D eigenvalue weighted by Crippen LogP contribution is -2.37. The molecule has 4 N–H and O–H groups in total. The Hall–Kier alpha value is -2.09. The highest BCUT2D eigenvalue weighted by Crippen LogP contribution is 2.38. The highest BCUT2D eigenvalue weighted by atomic mass is 32.2. The molecule has 3 rings (SSSR count). The minimum Gasteiger partial charge on any atom is -0.508 e. The van der Waals surface area contributed by atoms with Crippen LogP contribution >= 0.6 is 0 Å². The molecule has 2 aromatic rings. The summed E-state index contributed by atoms with van der Waals surface area (Å²) < 4.78 is 27.8. The zero-order valence-electron chi connectivity index (χ0n) is 14.3. The summed E-state index contributed by atoms with van der Waals surface area (Å²) in [6.07, 6.45) is 2.85. The van der Waals surface area contributed by atoms with Crippen molar-refractivity contribution in [2.45, 2.75) is 49.1 Å². The van der Waals surface area contributed by atoms with Crippen LogP contribution in [0.25, 0.3) is 0 Å². The number of nitrogens with one attached hydrogen (secondary N) is 1. The maximum absolute atomic E-state index is 12.6. The van der Waals surface area contributed by atoms with Gasteiger partial charge in [0, 0.05) is 12.1 Å². The van der Waals surface area contributed by atoms with Gasteiger partial charge in [0.2, 0.25) is 10.0 Å². The maximum atomic E-state index is 12.6. The van der Waals surface area contributed by atoms with Crippen molar-refractivity contribution in [1.82, 2.24) is 4.72 Å². The lowest BCUT2D eigenvalue weighted by Gasteiger charge is -2.29. The van der Waals surface area contributed by atoms with Crippen LogP contribution in [0.4, 0.5) is 0 Å². The van der Waals surface area contributed by atoms with E-state index in [0.717, 1.165) is 18.4 Å². The Morgan fingerprint density at radius 3 is 2.38 bits per heavy atom. The Kier molecular flexibility index (Phi) is 5.50. The van der Waals surface area contributed by atoms with Gasteiger partial charge in [-0.3, -0.25) is 0 Å². The predicted octanol–water partition coefficient (Wildman–Crippen LogP) is 2.59. The summed E-state index contributed by atoms with van der Waals surface area (Å²) in [5.74, 6) is 0.252. The summed E-state index contributed by atoms with van der Waals surface area (Å²) in [5, 5.41) is 28.6. The molecule has 0 aromatic heterocycles. The second-order valence-electron chi connectivity index (χ2n) is 6.72. The van der Waals surface area contributed by atoms with Crippen LogP contribution in [0.3, 0.4) is 0 Å². The quantitative estimate of drug-likeness (QED) is 0.641. The van der Waals surface area contributed by atoms with E-state index in [-0.39, 0.29) is 35.0 Å². The van der Waals surface area contributed by atoms with Crippen LogP contribution < -0.4 is 4.72 Å². The molecule has 0 atom stereocenters. The molecule has 1 aliphatic rings. The van der Waals surface area contributed by atoms with E-state index >= 15 is 0 Å². The topological polar surface area (TPSA) is 107 Å². The van der Waals surface area contributed by atoms with Crippen molar-refractivity contribution < 1.29 is 23.7 Å². The second kappa shape index (κ2) is 7.65. The van der Waals surface area contributed by atoms with Crippen molar-refractivity contribution in [3.05, 3.63) is 53.6 Å². The first-order valence-corrected chi connectivity index (χ1v) is 10.1. The van der Waals surface area contributed by atoms with E-state index in [9.17, 15) is 23.7 Å². The van der Waals surface area contributed by atoms with Crippen LogP contribution in [0.5, 0.6) is 11.5 Å². The van der Waals surface area contributed by atoms with Gasteiger partial charge in [0.05, 0.1) is 11.5 Å². The van der Waals surface area contributed by atoms with Crippen molar-refractivity contribution in [2.75, 3.05) is 0 Å². The van der Waals surface area contributed by atoms with Gasteiger partial charge in [0.25, 0.3) is 0 Å². The van der Waals surface area contributed by atoms with Crippen molar-refractivity contribution in [2.24, 2.45) is 0 Å². The van der Waals surface area contributed by atoms with Crippen molar-refractivity contribution in [3.63, 3.8) is 0 Å². The molecule has 0 heterocycles. The number of sulfonamides is 1. The summed E-state index contributed by atoms with van der Waals surface area (Å²) in [6, 6.07) is 10.7. The molecule has 1 fully saturated rings. The zero-order chi connectivity index (χ0) is 18.7. The van der Waals surface area contributed by atoms with E-state index < -0.39 is 10.0 Å². The first-order chi connectivity index (χ1) is 12.4. The molecule has 1 saturated carbocycles. The number of rotatable bonds is 5. The lowest BCUT2D eigenvalue weighted by molar-refractivity contribution is 0.281. The first kappa shape index (κ1) is 18.7. The Labute approximate surface area is 153 Å². The third-order valence-corrected chi connectivity index (χ3v) is 6.41.